The van der Waals surface area contributed by atoms with Crippen molar-refractivity contribution in [3.05, 3.63) is 54.0 Å². The zero-order valence-corrected chi connectivity index (χ0v) is 18.8. The Balaban J connectivity index is 0.00000280. The second-order valence-electron chi connectivity index (χ2n) is 6.69. The van der Waals surface area contributed by atoms with E-state index in [-0.39, 0.29) is 24.0 Å². The predicted molar refractivity (Wildman–Crippen MR) is 123 cm³/mol. The molecule has 1 aliphatic rings. The highest BCUT2D eigenvalue weighted by Crippen LogP contribution is 2.25. The van der Waals surface area contributed by atoms with E-state index in [1.807, 2.05) is 36.5 Å². The van der Waals surface area contributed by atoms with Gasteiger partial charge >= 0.3 is 0 Å². The molecule has 0 radical (unpaired) electrons. The maximum absolute atomic E-state index is 6.11. The molecule has 2 aromatic heterocycles. The first kappa shape index (κ1) is 22.4. The van der Waals surface area contributed by atoms with E-state index >= 15 is 0 Å². The molecule has 1 fully saturated rings. The van der Waals surface area contributed by atoms with Crippen LogP contribution in [0.3, 0.4) is 0 Å². The lowest BCUT2D eigenvalue weighted by Crippen LogP contribution is -2.38. The fraction of sp³-hybridized carbons (Fsp3) is 0.476. The first-order chi connectivity index (χ1) is 13.3. The monoisotopic (exact) mass is 495 g/mol. The van der Waals surface area contributed by atoms with Gasteiger partial charge in [0.15, 0.2) is 5.96 Å². The summed E-state index contributed by atoms with van der Waals surface area (Å²) >= 11 is 0. The first-order valence-corrected chi connectivity index (χ1v) is 9.88. The lowest BCUT2D eigenvalue weighted by atomic mass is 10.2. The number of hydrogen-bond donors (Lipinski definition) is 2. The van der Waals surface area contributed by atoms with E-state index < -0.39 is 0 Å². The minimum absolute atomic E-state index is 0. The van der Waals surface area contributed by atoms with Gasteiger partial charge in [-0.05, 0) is 50.8 Å². The van der Waals surface area contributed by atoms with E-state index in [2.05, 4.69) is 27.5 Å². The Kier molecular flexibility index (Phi) is 10.0. The highest BCUT2D eigenvalue weighted by Gasteiger charge is 2.18. The van der Waals surface area contributed by atoms with Crippen LogP contribution in [0.4, 0.5) is 0 Å². The van der Waals surface area contributed by atoms with Crippen molar-refractivity contribution >= 4 is 29.9 Å². The molecule has 3 rings (SSSR count). The van der Waals surface area contributed by atoms with Gasteiger partial charge in [0.2, 0.25) is 5.88 Å². The second-order valence-corrected chi connectivity index (χ2v) is 6.69. The van der Waals surface area contributed by atoms with E-state index in [0.717, 1.165) is 55.4 Å². The smallest absolute Gasteiger partial charge is 0.218 e. The van der Waals surface area contributed by atoms with E-state index in [0.29, 0.717) is 12.6 Å². The number of pyridine rings is 2. The number of guanidine groups is 1. The van der Waals surface area contributed by atoms with E-state index in [9.17, 15) is 0 Å². The molecule has 1 saturated carbocycles. The summed E-state index contributed by atoms with van der Waals surface area (Å²) in [6, 6.07) is 9.96. The van der Waals surface area contributed by atoms with E-state index in [1.54, 1.807) is 6.20 Å². The lowest BCUT2D eigenvalue weighted by Gasteiger charge is -2.15. The van der Waals surface area contributed by atoms with Gasteiger partial charge in [-0.2, -0.15) is 0 Å². The Bertz CT molecular complexity index is 720. The van der Waals surface area contributed by atoms with Crippen molar-refractivity contribution in [3.63, 3.8) is 0 Å². The molecular formula is C21H30IN5O. The summed E-state index contributed by atoms with van der Waals surface area (Å²) in [5, 5.41) is 6.66. The van der Waals surface area contributed by atoms with Crippen LogP contribution >= 0.6 is 24.0 Å². The molecule has 0 unspecified atom stereocenters. The van der Waals surface area contributed by atoms with Crippen molar-refractivity contribution in [1.29, 1.82) is 0 Å². The van der Waals surface area contributed by atoms with Crippen molar-refractivity contribution in [2.75, 3.05) is 13.1 Å². The SMILES string of the molecule is CCNC(=NCc1cccnc1OC1CCCC1)NCCc1ccccn1.I. The van der Waals surface area contributed by atoms with Gasteiger partial charge in [-0.15, -0.1) is 24.0 Å². The standard InChI is InChI=1S/C21H29N5O.HI/c1-2-22-21(25-15-12-18-9-5-6-13-23-18)26-16-17-8-7-14-24-20(17)27-19-10-3-4-11-19;/h5-9,13-14,19H,2-4,10-12,15-16H2,1H3,(H2,22,25,26);1H. The molecule has 6 nitrogen and oxygen atoms in total. The highest BCUT2D eigenvalue weighted by atomic mass is 127. The Morgan fingerprint density at radius 3 is 2.68 bits per heavy atom. The Morgan fingerprint density at radius 1 is 1.11 bits per heavy atom. The van der Waals surface area contributed by atoms with Crippen LogP contribution in [0, 0.1) is 0 Å². The summed E-state index contributed by atoms with van der Waals surface area (Å²) in [6.07, 6.45) is 9.50. The molecule has 2 heterocycles. The van der Waals surface area contributed by atoms with Crippen LogP contribution in [0.1, 0.15) is 43.9 Å². The molecule has 0 spiro atoms. The zero-order chi connectivity index (χ0) is 18.7. The van der Waals surface area contributed by atoms with E-state index in [1.165, 1.54) is 12.8 Å². The molecule has 0 bridgehead atoms. The summed E-state index contributed by atoms with van der Waals surface area (Å²) in [5.41, 5.74) is 2.09. The van der Waals surface area contributed by atoms with Gasteiger partial charge in [0, 0.05) is 43.2 Å². The molecule has 7 heteroatoms. The minimum atomic E-state index is 0. The molecule has 2 aromatic rings. The predicted octanol–water partition coefficient (Wildman–Crippen LogP) is 3.71. The highest BCUT2D eigenvalue weighted by molar-refractivity contribution is 14.0. The van der Waals surface area contributed by atoms with Crippen molar-refractivity contribution < 1.29 is 4.74 Å². The number of nitrogens with one attached hydrogen (secondary N) is 2. The molecule has 152 valence electrons. The second kappa shape index (κ2) is 12.5. The zero-order valence-electron chi connectivity index (χ0n) is 16.4. The maximum atomic E-state index is 6.11. The summed E-state index contributed by atoms with van der Waals surface area (Å²) < 4.78 is 6.11. The van der Waals surface area contributed by atoms with Crippen LogP contribution < -0.4 is 15.4 Å². The molecule has 0 aromatic carbocycles. The summed E-state index contributed by atoms with van der Waals surface area (Å²) in [5.74, 6) is 1.52. The van der Waals surface area contributed by atoms with Crippen LogP contribution in [0.5, 0.6) is 5.88 Å². The van der Waals surface area contributed by atoms with Crippen molar-refractivity contribution in [3.8, 4) is 5.88 Å². The average Bonchev–Trinajstić information content (AvgIpc) is 3.21. The lowest BCUT2D eigenvalue weighted by molar-refractivity contribution is 0.199. The van der Waals surface area contributed by atoms with Crippen LogP contribution in [0.15, 0.2) is 47.7 Å². The molecule has 28 heavy (non-hydrogen) atoms. The number of halogens is 1. The quantitative estimate of drug-likeness (QED) is 0.332. The number of rotatable bonds is 8. The van der Waals surface area contributed by atoms with Gasteiger partial charge in [-0.25, -0.2) is 9.98 Å². The van der Waals surface area contributed by atoms with Crippen molar-refractivity contribution in [1.82, 2.24) is 20.6 Å². The fourth-order valence-electron chi connectivity index (χ4n) is 3.18. The number of ether oxygens (including phenoxy) is 1. The van der Waals surface area contributed by atoms with Crippen LogP contribution in [-0.4, -0.2) is 35.1 Å². The van der Waals surface area contributed by atoms with Gasteiger partial charge in [0.25, 0.3) is 0 Å². The summed E-state index contributed by atoms with van der Waals surface area (Å²) in [4.78, 5) is 13.5. The maximum Gasteiger partial charge on any atom is 0.218 e. The number of hydrogen-bond acceptors (Lipinski definition) is 4. The molecule has 0 aliphatic heterocycles. The molecule has 2 N–H and O–H groups in total. The van der Waals surface area contributed by atoms with Gasteiger partial charge in [0.05, 0.1) is 6.54 Å². The Labute approximate surface area is 184 Å². The Hall–Kier alpha value is -1.90. The third kappa shape index (κ3) is 7.26. The summed E-state index contributed by atoms with van der Waals surface area (Å²) in [7, 11) is 0. The molecular weight excluding hydrogens is 465 g/mol. The topological polar surface area (TPSA) is 71.4 Å². The third-order valence-electron chi connectivity index (χ3n) is 4.58. The first-order valence-electron chi connectivity index (χ1n) is 9.88. The van der Waals surface area contributed by atoms with Gasteiger partial charge in [0.1, 0.15) is 6.10 Å². The summed E-state index contributed by atoms with van der Waals surface area (Å²) in [6.45, 7) is 4.19. The van der Waals surface area contributed by atoms with Gasteiger partial charge in [-0.3, -0.25) is 4.98 Å². The fourth-order valence-corrected chi connectivity index (χ4v) is 3.18. The van der Waals surface area contributed by atoms with Gasteiger partial charge in [-0.1, -0.05) is 12.1 Å². The largest absolute Gasteiger partial charge is 0.474 e. The third-order valence-corrected chi connectivity index (χ3v) is 4.58. The number of nitrogens with zero attached hydrogens (tertiary/aromatic N) is 3. The van der Waals surface area contributed by atoms with E-state index in [4.69, 9.17) is 9.73 Å². The molecule has 0 amide bonds. The van der Waals surface area contributed by atoms with Crippen LogP contribution in [0.25, 0.3) is 0 Å². The normalized spacial score (nSPS) is 14.4. The molecule has 0 atom stereocenters. The number of aliphatic imine (C=N–C) groups is 1. The van der Waals surface area contributed by atoms with Crippen molar-refractivity contribution in [2.24, 2.45) is 4.99 Å². The molecule has 0 saturated heterocycles. The molecule has 1 aliphatic carbocycles. The van der Waals surface area contributed by atoms with Crippen molar-refractivity contribution in [2.45, 2.75) is 51.7 Å². The number of aromatic nitrogens is 2. The van der Waals surface area contributed by atoms with Crippen LogP contribution in [0.2, 0.25) is 0 Å². The minimum Gasteiger partial charge on any atom is -0.474 e. The average molecular weight is 495 g/mol. The Morgan fingerprint density at radius 2 is 1.93 bits per heavy atom. The van der Waals surface area contributed by atoms with Crippen LogP contribution in [-0.2, 0) is 13.0 Å². The van der Waals surface area contributed by atoms with Gasteiger partial charge < -0.3 is 15.4 Å².